The van der Waals surface area contributed by atoms with Gasteiger partial charge in [0.25, 0.3) is 17.0 Å². The van der Waals surface area contributed by atoms with Crippen molar-refractivity contribution in [1.82, 2.24) is 18.7 Å². The van der Waals surface area contributed by atoms with Crippen molar-refractivity contribution < 1.29 is 4.79 Å². The average Bonchev–Trinajstić information content (AvgIpc) is 3.27. The Morgan fingerprint density at radius 3 is 2.49 bits per heavy atom. The summed E-state index contributed by atoms with van der Waals surface area (Å²) >= 11 is 6.60. The number of nitrogens with one attached hydrogen (secondary N) is 1. The Balaban J connectivity index is 1.63. The van der Waals surface area contributed by atoms with Gasteiger partial charge in [-0.15, -0.1) is 0 Å². The van der Waals surface area contributed by atoms with Crippen LogP contribution in [0.15, 0.2) is 63.2 Å². The smallest absolute Gasteiger partial charge is 0.296 e. The molecule has 11 heteroatoms. The van der Waals surface area contributed by atoms with Crippen LogP contribution in [0.4, 0.5) is 11.5 Å². The zero-order chi connectivity index (χ0) is 26.4. The molecule has 3 aromatic heterocycles. The summed E-state index contributed by atoms with van der Waals surface area (Å²) in [6, 6.07) is 12.8. The van der Waals surface area contributed by atoms with Crippen LogP contribution in [0.2, 0.25) is 0 Å². The highest BCUT2D eigenvalue weighted by Crippen LogP contribution is 2.36. The molecule has 0 radical (unpaired) electrons. The first kappa shape index (κ1) is 24.7. The highest BCUT2D eigenvalue weighted by molar-refractivity contribution is 8.27. The fourth-order valence-corrected chi connectivity index (χ4v) is 5.55. The molecule has 37 heavy (non-hydrogen) atoms. The normalized spacial score (nSPS) is 14.8. The van der Waals surface area contributed by atoms with Gasteiger partial charge >= 0.3 is 0 Å². The number of benzene rings is 1. The number of amides is 1. The van der Waals surface area contributed by atoms with Crippen molar-refractivity contribution in [2.24, 2.45) is 7.05 Å². The van der Waals surface area contributed by atoms with Gasteiger partial charge in [-0.25, -0.2) is 9.67 Å². The molecule has 0 bridgehead atoms. The van der Waals surface area contributed by atoms with Crippen LogP contribution in [0.3, 0.4) is 0 Å². The lowest BCUT2D eigenvalue weighted by molar-refractivity contribution is -0.113. The monoisotopic (exact) mass is 532 g/mol. The summed E-state index contributed by atoms with van der Waals surface area (Å²) in [5.74, 6) is -0.0823. The zero-order valence-electron chi connectivity index (χ0n) is 20.7. The molecule has 0 aliphatic carbocycles. The average molecular weight is 533 g/mol. The van der Waals surface area contributed by atoms with Crippen molar-refractivity contribution in [2.75, 3.05) is 16.8 Å². The first-order valence-electron chi connectivity index (χ1n) is 11.6. The Morgan fingerprint density at radius 1 is 1.05 bits per heavy atom. The molecule has 1 amide bonds. The van der Waals surface area contributed by atoms with Crippen LogP contribution in [0, 0.1) is 13.8 Å². The number of fused-ring (bicyclic) bond motifs is 1. The second kappa shape index (κ2) is 9.49. The number of thiocarbonyl (C=S) groups is 1. The maximum absolute atomic E-state index is 13.6. The van der Waals surface area contributed by atoms with E-state index in [2.05, 4.69) is 10.3 Å². The van der Waals surface area contributed by atoms with Crippen molar-refractivity contribution in [3.05, 3.63) is 91.1 Å². The summed E-state index contributed by atoms with van der Waals surface area (Å²) in [6.45, 7) is 6.10. The van der Waals surface area contributed by atoms with Gasteiger partial charge in [0.05, 0.1) is 21.8 Å². The quantitative estimate of drug-likeness (QED) is 0.310. The number of para-hydroxylation sites is 1. The van der Waals surface area contributed by atoms with Crippen LogP contribution >= 0.6 is 24.0 Å². The highest BCUT2D eigenvalue weighted by Gasteiger charge is 2.38. The molecule has 0 saturated carbocycles. The molecule has 1 saturated heterocycles. The Labute approximate surface area is 222 Å². The zero-order valence-corrected chi connectivity index (χ0v) is 22.3. The molecule has 4 aromatic rings. The predicted octanol–water partition coefficient (Wildman–Crippen LogP) is 3.64. The molecule has 1 aliphatic rings. The van der Waals surface area contributed by atoms with Gasteiger partial charge in [-0.2, -0.15) is 0 Å². The van der Waals surface area contributed by atoms with Crippen LogP contribution in [-0.4, -0.2) is 35.5 Å². The van der Waals surface area contributed by atoms with Crippen molar-refractivity contribution >= 4 is 57.4 Å². The van der Waals surface area contributed by atoms with E-state index in [4.69, 9.17) is 12.2 Å². The van der Waals surface area contributed by atoms with Crippen molar-refractivity contribution in [3.63, 3.8) is 0 Å². The summed E-state index contributed by atoms with van der Waals surface area (Å²) in [7, 11) is 1.76. The molecule has 1 fully saturated rings. The minimum atomic E-state index is -0.461. The minimum Gasteiger partial charge on any atom is -0.370 e. The number of aromatic nitrogens is 4. The van der Waals surface area contributed by atoms with Gasteiger partial charge in [-0.1, -0.05) is 48.2 Å². The van der Waals surface area contributed by atoms with Crippen LogP contribution < -0.4 is 21.3 Å². The van der Waals surface area contributed by atoms with Gasteiger partial charge < -0.3 is 5.32 Å². The number of carbonyl (C=O) groups excluding carboxylic acids is 1. The largest absolute Gasteiger partial charge is 0.370 e. The SMILES string of the molecule is CCNc1nc2ccc(C)cn2c(=O)c1C=C1SC(=S)N(c2c(C)n(C)n(-c3ccccc3)c2=O)C1=O. The lowest BCUT2D eigenvalue weighted by atomic mass is 10.2. The second-order valence-electron chi connectivity index (χ2n) is 8.57. The molecular weight excluding hydrogens is 508 g/mol. The Bertz CT molecular complexity index is 1730. The molecule has 1 aromatic carbocycles. The molecule has 1 N–H and O–H groups in total. The maximum Gasteiger partial charge on any atom is 0.296 e. The van der Waals surface area contributed by atoms with Crippen LogP contribution in [0.5, 0.6) is 0 Å². The number of rotatable bonds is 5. The fraction of sp³-hybridized carbons (Fsp3) is 0.192. The maximum atomic E-state index is 13.6. The molecule has 188 valence electrons. The first-order chi connectivity index (χ1) is 17.7. The van der Waals surface area contributed by atoms with E-state index in [-0.39, 0.29) is 31.6 Å². The standard InChI is InChI=1S/C26H24N6O3S2/c1-5-27-22-18(23(33)30-14-15(2)11-12-20(30)28-22)13-19-24(34)31(26(36)37-19)21-16(3)29(4)32(25(21)35)17-9-7-6-8-10-17/h6-14,27H,5H2,1-4H3. The van der Waals surface area contributed by atoms with E-state index >= 15 is 0 Å². The van der Waals surface area contributed by atoms with E-state index in [0.717, 1.165) is 17.3 Å². The van der Waals surface area contributed by atoms with Gasteiger partial charge in [-0.05, 0) is 50.6 Å². The van der Waals surface area contributed by atoms with Gasteiger partial charge in [-0.3, -0.25) is 28.4 Å². The van der Waals surface area contributed by atoms with E-state index in [1.54, 1.807) is 30.9 Å². The third-order valence-corrected chi connectivity index (χ3v) is 7.47. The molecule has 0 unspecified atom stereocenters. The van der Waals surface area contributed by atoms with Crippen LogP contribution in [-0.2, 0) is 11.8 Å². The van der Waals surface area contributed by atoms with Crippen molar-refractivity contribution in [2.45, 2.75) is 20.8 Å². The van der Waals surface area contributed by atoms with Gasteiger partial charge in [0.2, 0.25) is 0 Å². The summed E-state index contributed by atoms with van der Waals surface area (Å²) in [6.07, 6.45) is 3.22. The number of hydrogen-bond donors (Lipinski definition) is 1. The summed E-state index contributed by atoms with van der Waals surface area (Å²) in [5.41, 5.74) is 2.42. The fourth-order valence-electron chi connectivity index (χ4n) is 4.29. The Morgan fingerprint density at radius 2 is 1.78 bits per heavy atom. The number of anilines is 2. The number of hydrogen-bond acceptors (Lipinski definition) is 7. The van der Waals surface area contributed by atoms with E-state index in [0.29, 0.717) is 29.4 Å². The van der Waals surface area contributed by atoms with Gasteiger partial charge in [0.15, 0.2) is 4.32 Å². The summed E-state index contributed by atoms with van der Waals surface area (Å²) in [5, 5.41) is 3.12. The lowest BCUT2D eigenvalue weighted by Crippen LogP contribution is -2.33. The third kappa shape index (κ3) is 4.09. The molecule has 0 spiro atoms. The number of thioether (sulfide) groups is 1. The summed E-state index contributed by atoms with van der Waals surface area (Å²) in [4.78, 5) is 46.7. The molecular formula is C26H24N6O3S2. The van der Waals surface area contributed by atoms with Crippen molar-refractivity contribution in [1.29, 1.82) is 0 Å². The van der Waals surface area contributed by atoms with E-state index in [1.165, 1.54) is 20.1 Å². The number of pyridine rings is 1. The van der Waals surface area contributed by atoms with Gasteiger partial charge in [0, 0.05) is 19.8 Å². The third-order valence-electron chi connectivity index (χ3n) is 6.17. The van der Waals surface area contributed by atoms with E-state index in [9.17, 15) is 14.4 Å². The molecule has 9 nitrogen and oxygen atoms in total. The topological polar surface area (TPSA) is 93.6 Å². The van der Waals surface area contributed by atoms with Crippen LogP contribution in [0.1, 0.15) is 23.7 Å². The second-order valence-corrected chi connectivity index (χ2v) is 10.2. The first-order valence-corrected chi connectivity index (χ1v) is 12.8. The minimum absolute atomic E-state index is 0.188. The lowest BCUT2D eigenvalue weighted by Gasteiger charge is -2.12. The number of aryl methyl sites for hydroxylation is 1. The predicted molar refractivity (Wildman–Crippen MR) is 152 cm³/mol. The Kier molecular flexibility index (Phi) is 6.34. The van der Waals surface area contributed by atoms with E-state index in [1.807, 2.05) is 50.2 Å². The number of nitrogens with zero attached hydrogens (tertiary/aromatic N) is 5. The van der Waals surface area contributed by atoms with E-state index < -0.39 is 5.91 Å². The molecule has 5 rings (SSSR count). The summed E-state index contributed by atoms with van der Waals surface area (Å²) < 4.78 is 4.87. The molecule has 1 aliphatic heterocycles. The molecule has 0 atom stereocenters. The Hall–Kier alpha value is -3.96. The number of carbonyl (C=O) groups is 1. The van der Waals surface area contributed by atoms with Gasteiger partial charge in [0.1, 0.15) is 17.2 Å². The van der Waals surface area contributed by atoms with Crippen molar-refractivity contribution in [3.8, 4) is 5.69 Å². The highest BCUT2D eigenvalue weighted by atomic mass is 32.2. The van der Waals surface area contributed by atoms with Crippen LogP contribution in [0.25, 0.3) is 17.4 Å². The molecule has 4 heterocycles.